The molecule has 0 atom stereocenters. The fraction of sp³-hybridized carbons (Fsp3) is 0.429. The molecule has 2 rings (SSSR count). The van der Waals surface area contributed by atoms with E-state index < -0.39 is 0 Å². The molecule has 0 nitrogen and oxygen atoms in total. The van der Waals surface area contributed by atoms with Crippen molar-refractivity contribution in [2.24, 2.45) is 5.92 Å². The first-order valence-corrected chi connectivity index (χ1v) is 8.37. The number of hydrogen-bond donors (Lipinski definition) is 0. The van der Waals surface area contributed by atoms with Crippen LogP contribution in [-0.4, -0.2) is 0 Å². The third-order valence-corrected chi connectivity index (χ3v) is 3.66. The van der Waals surface area contributed by atoms with Crippen LogP contribution < -0.4 is 0 Å². The number of hydrogen-bond acceptors (Lipinski definition) is 0. The molecule has 0 bridgehead atoms. The van der Waals surface area contributed by atoms with E-state index in [0.29, 0.717) is 0 Å². The molecule has 0 aliphatic carbocycles. The van der Waals surface area contributed by atoms with Crippen LogP contribution in [0.1, 0.15) is 52.2 Å². The summed E-state index contributed by atoms with van der Waals surface area (Å²) in [7, 11) is 0. The molecule has 0 N–H and O–H groups in total. The lowest BCUT2D eigenvalue weighted by Crippen LogP contribution is -1.92. The van der Waals surface area contributed by atoms with Crippen LogP contribution in [0.25, 0.3) is 11.1 Å². The van der Waals surface area contributed by atoms with Crippen LogP contribution in [-0.2, 0) is 12.8 Å². The largest absolute Gasteiger partial charge is 0.0683 e. The molecule has 114 valence electrons. The minimum Gasteiger partial charge on any atom is -0.0683 e. The van der Waals surface area contributed by atoms with E-state index >= 15 is 0 Å². The van der Waals surface area contributed by atoms with Crippen LogP contribution in [0.3, 0.4) is 0 Å². The highest BCUT2D eigenvalue weighted by Gasteiger charge is 2.00. The lowest BCUT2D eigenvalue weighted by Gasteiger charge is -2.07. The quantitative estimate of drug-likeness (QED) is 0.584. The lowest BCUT2D eigenvalue weighted by atomic mass is 9.99. The minimum atomic E-state index is 0.779. The molecule has 0 saturated heterocycles. The molecule has 0 heteroatoms. The Morgan fingerprint density at radius 2 is 1.14 bits per heavy atom. The smallest absolute Gasteiger partial charge is 0.0184 e. The molecule has 0 saturated carbocycles. The molecule has 21 heavy (non-hydrogen) atoms. The zero-order valence-electron chi connectivity index (χ0n) is 14.3. The van der Waals surface area contributed by atoms with Crippen LogP contribution >= 0.6 is 0 Å². The average molecular weight is 282 g/mol. The summed E-state index contributed by atoms with van der Waals surface area (Å²) < 4.78 is 0. The molecule has 0 heterocycles. The summed E-state index contributed by atoms with van der Waals surface area (Å²) in [6.07, 6.45) is 3.56. The van der Waals surface area contributed by atoms with Gasteiger partial charge in [-0.1, -0.05) is 83.1 Å². The second kappa shape index (κ2) is 9.39. The first kappa shape index (κ1) is 17.5. The van der Waals surface area contributed by atoms with E-state index in [-0.39, 0.29) is 0 Å². The molecule has 0 aromatic heterocycles. The van der Waals surface area contributed by atoms with E-state index in [1.807, 2.05) is 13.8 Å². The Morgan fingerprint density at radius 3 is 1.52 bits per heavy atom. The van der Waals surface area contributed by atoms with Gasteiger partial charge in [-0.15, -0.1) is 0 Å². The monoisotopic (exact) mass is 282 g/mol. The van der Waals surface area contributed by atoms with Crippen molar-refractivity contribution in [3.8, 4) is 11.1 Å². The van der Waals surface area contributed by atoms with Gasteiger partial charge in [-0.3, -0.25) is 0 Å². The second-order valence-corrected chi connectivity index (χ2v) is 5.68. The van der Waals surface area contributed by atoms with Gasteiger partial charge in [0.15, 0.2) is 0 Å². The van der Waals surface area contributed by atoms with Crippen molar-refractivity contribution in [3.05, 3.63) is 59.7 Å². The summed E-state index contributed by atoms with van der Waals surface area (Å²) in [5.41, 5.74) is 5.48. The maximum Gasteiger partial charge on any atom is -0.0184 e. The van der Waals surface area contributed by atoms with Crippen molar-refractivity contribution in [1.82, 2.24) is 0 Å². The maximum absolute atomic E-state index is 2.28. The van der Waals surface area contributed by atoms with Gasteiger partial charge >= 0.3 is 0 Å². The number of aryl methyl sites for hydroxylation is 2. The standard InChI is InChI=1S/C19H24.C2H6/c1-4-16-7-11-18(12-8-16)19-13-9-17(10-14-19)6-5-15(2)3;1-2/h7-15H,4-6H2,1-3H3;1-2H3. The number of benzene rings is 2. The Labute approximate surface area is 131 Å². The van der Waals surface area contributed by atoms with Gasteiger partial charge in [0, 0.05) is 0 Å². The van der Waals surface area contributed by atoms with E-state index in [2.05, 4.69) is 69.3 Å². The number of rotatable bonds is 5. The average Bonchev–Trinajstić information content (AvgIpc) is 2.55. The molecule has 0 spiro atoms. The normalized spacial score (nSPS) is 10.2. The summed E-state index contributed by atoms with van der Waals surface area (Å²) in [5, 5.41) is 0. The summed E-state index contributed by atoms with van der Waals surface area (Å²) in [5.74, 6) is 0.779. The van der Waals surface area contributed by atoms with Crippen LogP contribution in [0, 0.1) is 5.92 Å². The highest BCUT2D eigenvalue weighted by molar-refractivity contribution is 5.63. The molecule has 0 fully saturated rings. The van der Waals surface area contributed by atoms with Crippen LogP contribution in [0.4, 0.5) is 0 Å². The van der Waals surface area contributed by atoms with E-state index in [1.165, 1.54) is 35.1 Å². The molecule has 0 aliphatic rings. The lowest BCUT2D eigenvalue weighted by molar-refractivity contribution is 0.587. The van der Waals surface area contributed by atoms with E-state index in [4.69, 9.17) is 0 Å². The van der Waals surface area contributed by atoms with Gasteiger partial charge in [0.05, 0.1) is 0 Å². The molecule has 0 amide bonds. The zero-order valence-corrected chi connectivity index (χ0v) is 14.3. The fourth-order valence-corrected chi connectivity index (χ4v) is 2.25. The molecular weight excluding hydrogens is 252 g/mol. The van der Waals surface area contributed by atoms with Crippen molar-refractivity contribution < 1.29 is 0 Å². The summed E-state index contributed by atoms with van der Waals surface area (Å²) in [6.45, 7) is 10.8. The Kier molecular flexibility index (Phi) is 7.82. The SMILES string of the molecule is CC.CCc1ccc(-c2ccc(CCC(C)C)cc2)cc1. The van der Waals surface area contributed by atoms with Crippen molar-refractivity contribution in [3.63, 3.8) is 0 Å². The summed E-state index contributed by atoms with van der Waals surface area (Å²) in [6, 6.07) is 17.9. The van der Waals surface area contributed by atoms with Gasteiger partial charge < -0.3 is 0 Å². The first-order valence-electron chi connectivity index (χ1n) is 8.37. The van der Waals surface area contributed by atoms with Gasteiger partial charge in [0.2, 0.25) is 0 Å². The zero-order chi connectivity index (χ0) is 15.7. The minimum absolute atomic E-state index is 0.779. The Hall–Kier alpha value is -1.56. The van der Waals surface area contributed by atoms with E-state index in [9.17, 15) is 0 Å². The predicted octanol–water partition coefficient (Wildman–Crippen LogP) is 6.53. The van der Waals surface area contributed by atoms with Gasteiger partial charge in [0.1, 0.15) is 0 Å². The van der Waals surface area contributed by atoms with Crippen molar-refractivity contribution in [1.29, 1.82) is 0 Å². The molecule has 0 radical (unpaired) electrons. The molecular formula is C21H30. The van der Waals surface area contributed by atoms with E-state index in [0.717, 1.165) is 12.3 Å². The van der Waals surface area contributed by atoms with Gasteiger partial charge in [0.25, 0.3) is 0 Å². The third-order valence-electron chi connectivity index (χ3n) is 3.66. The molecule has 2 aromatic carbocycles. The first-order chi connectivity index (χ1) is 10.2. The van der Waals surface area contributed by atoms with Crippen molar-refractivity contribution in [2.45, 2.75) is 53.9 Å². The highest BCUT2D eigenvalue weighted by Crippen LogP contribution is 2.21. The van der Waals surface area contributed by atoms with Gasteiger partial charge in [-0.05, 0) is 47.4 Å². The van der Waals surface area contributed by atoms with Crippen molar-refractivity contribution in [2.75, 3.05) is 0 Å². The summed E-state index contributed by atoms with van der Waals surface area (Å²) in [4.78, 5) is 0. The van der Waals surface area contributed by atoms with Gasteiger partial charge in [-0.25, -0.2) is 0 Å². The molecule has 0 aliphatic heterocycles. The topological polar surface area (TPSA) is 0 Å². The van der Waals surface area contributed by atoms with E-state index in [1.54, 1.807) is 0 Å². The molecule has 0 unspecified atom stereocenters. The Morgan fingerprint density at radius 1 is 0.714 bits per heavy atom. The third kappa shape index (κ3) is 5.75. The van der Waals surface area contributed by atoms with Crippen LogP contribution in [0.15, 0.2) is 48.5 Å². The summed E-state index contributed by atoms with van der Waals surface area (Å²) >= 11 is 0. The second-order valence-electron chi connectivity index (χ2n) is 5.68. The maximum atomic E-state index is 2.28. The predicted molar refractivity (Wildman–Crippen MR) is 95.8 cm³/mol. The fourth-order valence-electron chi connectivity index (χ4n) is 2.25. The molecule has 2 aromatic rings. The Bertz CT molecular complexity index is 489. The Balaban J connectivity index is 0.00000106. The highest BCUT2D eigenvalue weighted by atomic mass is 14.1. The van der Waals surface area contributed by atoms with Crippen LogP contribution in [0.5, 0.6) is 0 Å². The van der Waals surface area contributed by atoms with Crippen molar-refractivity contribution >= 4 is 0 Å². The van der Waals surface area contributed by atoms with Crippen LogP contribution in [0.2, 0.25) is 0 Å². The van der Waals surface area contributed by atoms with Gasteiger partial charge in [-0.2, -0.15) is 0 Å².